The maximum Gasteiger partial charge on any atom is 0.306 e. The molecule has 1 aliphatic carbocycles. The predicted octanol–water partition coefficient (Wildman–Crippen LogP) is 2.21. The molecular formula is C11H14O3S. The minimum Gasteiger partial charge on any atom is -0.481 e. The molecule has 1 saturated carbocycles. The molecule has 15 heavy (non-hydrogen) atoms. The van der Waals surface area contributed by atoms with Gasteiger partial charge in [0.05, 0.1) is 11.5 Å². The van der Waals surface area contributed by atoms with Crippen molar-refractivity contribution in [3.63, 3.8) is 0 Å². The summed E-state index contributed by atoms with van der Waals surface area (Å²) in [6.07, 6.45) is 2.27. The monoisotopic (exact) mass is 226 g/mol. The summed E-state index contributed by atoms with van der Waals surface area (Å²) in [5.74, 6) is -1.01. The van der Waals surface area contributed by atoms with Gasteiger partial charge in [-0.25, -0.2) is 0 Å². The largest absolute Gasteiger partial charge is 0.481 e. The maximum absolute atomic E-state index is 10.8. The van der Waals surface area contributed by atoms with E-state index in [-0.39, 0.29) is 5.92 Å². The Bertz CT molecular complexity index is 337. The van der Waals surface area contributed by atoms with E-state index in [0.717, 1.165) is 4.88 Å². The zero-order chi connectivity index (χ0) is 10.9. The van der Waals surface area contributed by atoms with Crippen LogP contribution in [-0.2, 0) is 10.4 Å². The molecule has 0 unspecified atom stereocenters. The van der Waals surface area contributed by atoms with Crippen LogP contribution in [0.3, 0.4) is 0 Å². The van der Waals surface area contributed by atoms with E-state index < -0.39 is 11.6 Å². The average molecular weight is 226 g/mol. The van der Waals surface area contributed by atoms with Gasteiger partial charge in [-0.2, -0.15) is 0 Å². The molecule has 2 N–H and O–H groups in total. The Morgan fingerprint density at radius 2 is 2.13 bits per heavy atom. The predicted molar refractivity (Wildman–Crippen MR) is 57.8 cm³/mol. The molecule has 1 heterocycles. The first-order valence-corrected chi connectivity index (χ1v) is 5.99. The normalized spacial score (nSPS) is 31.4. The molecule has 1 aromatic heterocycles. The molecule has 0 atom stereocenters. The van der Waals surface area contributed by atoms with E-state index in [4.69, 9.17) is 5.11 Å². The SMILES string of the molecule is O=C(O)C1CCC(O)(c2cccs2)CC1. The molecule has 2 rings (SSSR count). The zero-order valence-electron chi connectivity index (χ0n) is 8.35. The highest BCUT2D eigenvalue weighted by atomic mass is 32.1. The van der Waals surface area contributed by atoms with Crippen LogP contribution in [0.1, 0.15) is 30.6 Å². The number of hydrogen-bond acceptors (Lipinski definition) is 3. The number of hydrogen-bond donors (Lipinski definition) is 2. The number of carboxylic acids is 1. The molecule has 0 aromatic carbocycles. The highest BCUT2D eigenvalue weighted by molar-refractivity contribution is 7.10. The van der Waals surface area contributed by atoms with Crippen molar-refractivity contribution in [2.75, 3.05) is 0 Å². The molecule has 1 aromatic rings. The highest BCUT2D eigenvalue weighted by Crippen LogP contribution is 2.41. The van der Waals surface area contributed by atoms with Crippen LogP contribution in [0.4, 0.5) is 0 Å². The third-order valence-corrected chi connectivity index (χ3v) is 4.21. The molecule has 0 bridgehead atoms. The topological polar surface area (TPSA) is 57.5 Å². The Balaban J connectivity index is 2.06. The van der Waals surface area contributed by atoms with Gasteiger partial charge >= 0.3 is 5.97 Å². The van der Waals surface area contributed by atoms with Gasteiger partial charge in [0.15, 0.2) is 0 Å². The summed E-state index contributed by atoms with van der Waals surface area (Å²) >= 11 is 1.54. The number of carbonyl (C=O) groups is 1. The first kappa shape index (κ1) is 10.6. The summed E-state index contributed by atoms with van der Waals surface area (Å²) in [4.78, 5) is 11.7. The summed E-state index contributed by atoms with van der Waals surface area (Å²) in [6, 6.07) is 3.84. The lowest BCUT2D eigenvalue weighted by Crippen LogP contribution is -2.33. The van der Waals surface area contributed by atoms with Crippen LogP contribution in [0.25, 0.3) is 0 Å². The summed E-state index contributed by atoms with van der Waals surface area (Å²) < 4.78 is 0. The molecule has 1 fully saturated rings. The fourth-order valence-corrected chi connectivity index (χ4v) is 3.02. The van der Waals surface area contributed by atoms with Gasteiger partial charge in [0, 0.05) is 4.88 Å². The van der Waals surface area contributed by atoms with Crippen LogP contribution in [0.15, 0.2) is 17.5 Å². The van der Waals surface area contributed by atoms with E-state index >= 15 is 0 Å². The van der Waals surface area contributed by atoms with Crippen molar-refractivity contribution in [3.05, 3.63) is 22.4 Å². The van der Waals surface area contributed by atoms with Crippen LogP contribution in [0.2, 0.25) is 0 Å². The third-order valence-electron chi connectivity index (χ3n) is 3.14. The smallest absolute Gasteiger partial charge is 0.306 e. The quantitative estimate of drug-likeness (QED) is 0.812. The summed E-state index contributed by atoms with van der Waals surface area (Å²) in [5, 5.41) is 21.1. The Morgan fingerprint density at radius 1 is 1.47 bits per heavy atom. The second kappa shape index (κ2) is 3.94. The number of carboxylic acid groups (broad SMARTS) is 1. The number of rotatable bonds is 2. The van der Waals surface area contributed by atoms with Gasteiger partial charge in [-0.05, 0) is 37.1 Å². The molecule has 1 aliphatic rings. The first-order chi connectivity index (χ1) is 7.12. The van der Waals surface area contributed by atoms with Gasteiger partial charge in [0.1, 0.15) is 0 Å². The third kappa shape index (κ3) is 2.06. The molecule has 4 heteroatoms. The Kier molecular flexibility index (Phi) is 2.80. The van der Waals surface area contributed by atoms with Crippen molar-refractivity contribution in [3.8, 4) is 0 Å². The van der Waals surface area contributed by atoms with Gasteiger partial charge in [0.2, 0.25) is 0 Å². The van der Waals surface area contributed by atoms with Crippen LogP contribution in [0.5, 0.6) is 0 Å². The fraction of sp³-hybridized carbons (Fsp3) is 0.545. The Labute approximate surface area is 92.4 Å². The van der Waals surface area contributed by atoms with E-state index in [0.29, 0.717) is 25.7 Å². The standard InChI is InChI=1S/C11H14O3S/c12-10(13)8-3-5-11(14,6-4-8)9-2-1-7-15-9/h1-2,7-8,14H,3-6H2,(H,12,13). The lowest BCUT2D eigenvalue weighted by molar-refractivity contribution is -0.144. The number of aliphatic carboxylic acids is 1. The van der Waals surface area contributed by atoms with Crippen molar-refractivity contribution in [1.82, 2.24) is 0 Å². The van der Waals surface area contributed by atoms with E-state index in [1.807, 2.05) is 17.5 Å². The lowest BCUT2D eigenvalue weighted by Gasteiger charge is -2.33. The molecule has 3 nitrogen and oxygen atoms in total. The highest BCUT2D eigenvalue weighted by Gasteiger charge is 2.37. The van der Waals surface area contributed by atoms with Crippen molar-refractivity contribution < 1.29 is 15.0 Å². The number of thiophene rings is 1. The van der Waals surface area contributed by atoms with Gasteiger partial charge in [-0.3, -0.25) is 4.79 Å². The first-order valence-electron chi connectivity index (χ1n) is 5.11. The van der Waals surface area contributed by atoms with E-state index in [1.54, 1.807) is 11.3 Å². The van der Waals surface area contributed by atoms with Gasteiger partial charge in [0.25, 0.3) is 0 Å². The minimum absolute atomic E-state index is 0.273. The van der Waals surface area contributed by atoms with E-state index in [1.165, 1.54) is 0 Å². The summed E-state index contributed by atoms with van der Waals surface area (Å²) in [6.45, 7) is 0. The fourth-order valence-electron chi connectivity index (χ4n) is 2.13. The van der Waals surface area contributed by atoms with Crippen molar-refractivity contribution >= 4 is 17.3 Å². The van der Waals surface area contributed by atoms with Crippen LogP contribution < -0.4 is 0 Å². The molecule has 0 spiro atoms. The van der Waals surface area contributed by atoms with Crippen LogP contribution >= 0.6 is 11.3 Å². The van der Waals surface area contributed by atoms with Gasteiger partial charge < -0.3 is 10.2 Å². The Hall–Kier alpha value is -0.870. The Morgan fingerprint density at radius 3 is 2.60 bits per heavy atom. The minimum atomic E-state index is -0.778. The van der Waals surface area contributed by atoms with Gasteiger partial charge in [-0.1, -0.05) is 6.07 Å². The van der Waals surface area contributed by atoms with E-state index in [2.05, 4.69) is 0 Å². The van der Waals surface area contributed by atoms with E-state index in [9.17, 15) is 9.90 Å². The van der Waals surface area contributed by atoms with Crippen LogP contribution in [0, 0.1) is 5.92 Å². The molecule has 82 valence electrons. The average Bonchev–Trinajstić information content (AvgIpc) is 2.71. The summed E-state index contributed by atoms with van der Waals surface area (Å²) in [5.41, 5.74) is -0.778. The second-order valence-electron chi connectivity index (χ2n) is 4.12. The van der Waals surface area contributed by atoms with Gasteiger partial charge in [-0.15, -0.1) is 11.3 Å². The number of aliphatic hydroxyl groups is 1. The van der Waals surface area contributed by atoms with Crippen molar-refractivity contribution in [2.45, 2.75) is 31.3 Å². The maximum atomic E-state index is 10.8. The molecular weight excluding hydrogens is 212 g/mol. The van der Waals surface area contributed by atoms with Crippen molar-refractivity contribution in [2.24, 2.45) is 5.92 Å². The molecule has 0 amide bonds. The second-order valence-corrected chi connectivity index (χ2v) is 5.07. The molecule has 0 radical (unpaired) electrons. The summed E-state index contributed by atoms with van der Waals surface area (Å²) in [7, 11) is 0. The van der Waals surface area contributed by atoms with Crippen molar-refractivity contribution in [1.29, 1.82) is 0 Å². The molecule has 0 saturated heterocycles. The zero-order valence-corrected chi connectivity index (χ0v) is 9.17. The molecule has 0 aliphatic heterocycles. The lowest BCUT2D eigenvalue weighted by atomic mass is 9.78. The van der Waals surface area contributed by atoms with Crippen LogP contribution in [-0.4, -0.2) is 16.2 Å².